The highest BCUT2D eigenvalue weighted by Crippen LogP contribution is 2.33. The summed E-state index contributed by atoms with van der Waals surface area (Å²) in [6.45, 7) is 11.3. The van der Waals surface area contributed by atoms with E-state index in [0.29, 0.717) is 12.1 Å². The molecule has 2 nitrogen and oxygen atoms in total. The second kappa shape index (κ2) is 7.13. The number of halogens is 1. The normalized spacial score (nSPS) is 24.0. The summed E-state index contributed by atoms with van der Waals surface area (Å²) in [6.07, 6.45) is 3.52. The van der Waals surface area contributed by atoms with Crippen LogP contribution in [-0.2, 0) is 0 Å². The van der Waals surface area contributed by atoms with Crippen LogP contribution in [0.3, 0.4) is 0 Å². The molecule has 1 saturated heterocycles. The first-order valence-corrected chi connectivity index (χ1v) is 8.69. The lowest BCUT2D eigenvalue weighted by Gasteiger charge is -2.50. The van der Waals surface area contributed by atoms with Gasteiger partial charge in [-0.1, -0.05) is 50.6 Å². The predicted molar refractivity (Wildman–Crippen MR) is 92.0 cm³/mol. The van der Waals surface area contributed by atoms with E-state index in [9.17, 15) is 0 Å². The Morgan fingerprint density at radius 3 is 2.52 bits per heavy atom. The second-order valence-corrected chi connectivity index (χ2v) is 6.71. The first kappa shape index (κ1) is 16.8. The van der Waals surface area contributed by atoms with Crippen LogP contribution in [0.1, 0.15) is 58.6 Å². The van der Waals surface area contributed by atoms with Gasteiger partial charge in [0, 0.05) is 35.7 Å². The molecule has 2 atom stereocenters. The van der Waals surface area contributed by atoms with Crippen LogP contribution in [0, 0.1) is 0 Å². The van der Waals surface area contributed by atoms with E-state index in [0.717, 1.165) is 18.1 Å². The lowest BCUT2D eigenvalue weighted by molar-refractivity contribution is 0.0400. The Morgan fingerprint density at radius 1 is 1.29 bits per heavy atom. The summed E-state index contributed by atoms with van der Waals surface area (Å²) in [6, 6.07) is 9.22. The van der Waals surface area contributed by atoms with Crippen molar-refractivity contribution in [2.45, 2.75) is 64.6 Å². The Hall–Kier alpha value is -0.570. The van der Waals surface area contributed by atoms with E-state index in [1.165, 1.54) is 24.8 Å². The molecule has 1 aliphatic rings. The number of hydrogen-bond acceptors (Lipinski definition) is 2. The first-order valence-electron chi connectivity index (χ1n) is 8.32. The minimum atomic E-state index is 0.251. The van der Waals surface area contributed by atoms with Crippen molar-refractivity contribution in [3.05, 3.63) is 34.9 Å². The smallest absolute Gasteiger partial charge is 0.0453 e. The maximum Gasteiger partial charge on any atom is 0.0453 e. The van der Waals surface area contributed by atoms with E-state index in [1.807, 2.05) is 12.1 Å². The highest BCUT2D eigenvalue weighted by Gasteiger charge is 2.38. The number of benzene rings is 1. The molecule has 0 aliphatic carbocycles. The van der Waals surface area contributed by atoms with E-state index in [2.05, 4.69) is 50.0 Å². The van der Waals surface area contributed by atoms with Crippen molar-refractivity contribution in [2.75, 3.05) is 13.1 Å². The number of nitrogens with one attached hydrogen (secondary N) is 1. The zero-order valence-corrected chi connectivity index (χ0v) is 14.6. The highest BCUT2D eigenvalue weighted by molar-refractivity contribution is 6.31. The largest absolute Gasteiger partial charge is 0.308 e. The molecule has 118 valence electrons. The third-order valence-electron chi connectivity index (χ3n) is 5.34. The van der Waals surface area contributed by atoms with E-state index in [-0.39, 0.29) is 5.54 Å². The van der Waals surface area contributed by atoms with Crippen molar-refractivity contribution in [2.24, 2.45) is 0 Å². The molecule has 0 spiro atoms. The SMILES string of the molecule is CCC1CNC(CC)(CC)CN1C(C)c1ccccc1Cl. The van der Waals surface area contributed by atoms with Crippen molar-refractivity contribution >= 4 is 11.6 Å². The fourth-order valence-electron chi connectivity index (χ4n) is 3.53. The molecule has 3 heteroatoms. The highest BCUT2D eigenvalue weighted by atomic mass is 35.5. The summed E-state index contributed by atoms with van der Waals surface area (Å²) in [5, 5.41) is 4.70. The van der Waals surface area contributed by atoms with Gasteiger partial charge in [-0.15, -0.1) is 0 Å². The molecule has 21 heavy (non-hydrogen) atoms. The zero-order valence-electron chi connectivity index (χ0n) is 13.8. The Morgan fingerprint density at radius 2 is 1.95 bits per heavy atom. The van der Waals surface area contributed by atoms with Crippen molar-refractivity contribution in [1.29, 1.82) is 0 Å². The zero-order chi connectivity index (χ0) is 15.5. The van der Waals surface area contributed by atoms with Gasteiger partial charge < -0.3 is 5.32 Å². The molecule has 2 unspecified atom stereocenters. The molecule has 1 aromatic carbocycles. The molecular formula is C18H29ClN2. The van der Waals surface area contributed by atoms with Gasteiger partial charge in [0.05, 0.1) is 0 Å². The van der Waals surface area contributed by atoms with Crippen molar-refractivity contribution < 1.29 is 0 Å². The van der Waals surface area contributed by atoms with Gasteiger partial charge >= 0.3 is 0 Å². The molecule has 1 aromatic rings. The van der Waals surface area contributed by atoms with Crippen LogP contribution in [0.15, 0.2) is 24.3 Å². The average Bonchev–Trinajstić information content (AvgIpc) is 2.54. The summed E-state index contributed by atoms with van der Waals surface area (Å²) < 4.78 is 0. The molecule has 1 aliphatic heterocycles. The van der Waals surface area contributed by atoms with Crippen molar-refractivity contribution in [1.82, 2.24) is 10.2 Å². The summed E-state index contributed by atoms with van der Waals surface area (Å²) in [5.74, 6) is 0. The van der Waals surface area contributed by atoms with Gasteiger partial charge in [-0.05, 0) is 37.8 Å². The fraction of sp³-hybridized carbons (Fsp3) is 0.667. The van der Waals surface area contributed by atoms with Crippen molar-refractivity contribution in [3.8, 4) is 0 Å². The molecule has 0 bridgehead atoms. The predicted octanol–water partition coefficient (Wildman–Crippen LogP) is 4.64. The van der Waals surface area contributed by atoms with Gasteiger partial charge in [0.15, 0.2) is 0 Å². The van der Waals surface area contributed by atoms with Gasteiger partial charge in [0.1, 0.15) is 0 Å². The van der Waals surface area contributed by atoms with E-state index in [4.69, 9.17) is 11.6 Å². The van der Waals surface area contributed by atoms with Crippen LogP contribution >= 0.6 is 11.6 Å². The van der Waals surface area contributed by atoms with Gasteiger partial charge in [-0.25, -0.2) is 0 Å². The molecule has 0 amide bonds. The van der Waals surface area contributed by atoms with E-state index < -0.39 is 0 Å². The number of nitrogens with zero attached hydrogens (tertiary/aromatic N) is 1. The van der Waals surface area contributed by atoms with E-state index in [1.54, 1.807) is 0 Å². The molecule has 0 aromatic heterocycles. The maximum absolute atomic E-state index is 6.43. The molecule has 0 saturated carbocycles. The van der Waals surface area contributed by atoms with Crippen LogP contribution < -0.4 is 5.32 Å². The Labute approximate surface area is 134 Å². The summed E-state index contributed by atoms with van der Waals surface area (Å²) >= 11 is 6.43. The van der Waals surface area contributed by atoms with Crippen LogP contribution in [0.2, 0.25) is 5.02 Å². The monoisotopic (exact) mass is 308 g/mol. The third kappa shape index (κ3) is 3.44. The van der Waals surface area contributed by atoms with Crippen LogP contribution in [0.25, 0.3) is 0 Å². The minimum absolute atomic E-state index is 0.251. The molecule has 1 N–H and O–H groups in total. The van der Waals surface area contributed by atoms with Crippen molar-refractivity contribution in [3.63, 3.8) is 0 Å². The van der Waals surface area contributed by atoms with Crippen LogP contribution in [0.5, 0.6) is 0 Å². The minimum Gasteiger partial charge on any atom is -0.308 e. The lowest BCUT2D eigenvalue weighted by Crippen LogP contribution is -2.63. The Balaban J connectivity index is 2.27. The molecule has 0 radical (unpaired) electrons. The van der Waals surface area contributed by atoms with Gasteiger partial charge in [-0.3, -0.25) is 4.90 Å². The lowest BCUT2D eigenvalue weighted by atomic mass is 9.86. The van der Waals surface area contributed by atoms with Gasteiger partial charge in [0.2, 0.25) is 0 Å². The Bertz CT molecular complexity index is 456. The summed E-state index contributed by atoms with van der Waals surface area (Å²) in [7, 11) is 0. The van der Waals surface area contributed by atoms with Gasteiger partial charge in [0.25, 0.3) is 0 Å². The number of piperazine rings is 1. The first-order chi connectivity index (χ1) is 10.1. The Kier molecular flexibility index (Phi) is 5.70. The van der Waals surface area contributed by atoms with Crippen LogP contribution in [0.4, 0.5) is 0 Å². The third-order valence-corrected chi connectivity index (χ3v) is 5.69. The average molecular weight is 309 g/mol. The summed E-state index contributed by atoms with van der Waals surface area (Å²) in [4.78, 5) is 2.66. The second-order valence-electron chi connectivity index (χ2n) is 6.30. The van der Waals surface area contributed by atoms with Crippen LogP contribution in [-0.4, -0.2) is 29.6 Å². The standard InChI is InChI=1S/C18H29ClN2/c1-5-15-12-20-18(6-2,7-3)13-21(15)14(4)16-10-8-9-11-17(16)19/h8-11,14-15,20H,5-7,12-13H2,1-4H3. The topological polar surface area (TPSA) is 15.3 Å². The summed E-state index contributed by atoms with van der Waals surface area (Å²) in [5.41, 5.74) is 1.50. The molecule has 2 rings (SSSR count). The van der Waals surface area contributed by atoms with E-state index >= 15 is 0 Å². The van der Waals surface area contributed by atoms with Gasteiger partial charge in [-0.2, -0.15) is 0 Å². The molecule has 1 fully saturated rings. The molecular weight excluding hydrogens is 280 g/mol. The quantitative estimate of drug-likeness (QED) is 0.852. The fourth-order valence-corrected chi connectivity index (χ4v) is 3.83. The number of rotatable bonds is 5. The maximum atomic E-state index is 6.43. The molecule has 1 heterocycles. The number of hydrogen-bond donors (Lipinski definition) is 1.